The van der Waals surface area contributed by atoms with Gasteiger partial charge in [-0.25, -0.2) is 0 Å². The largest absolute Gasteiger partial charge is 0.381 e. The Hall–Kier alpha value is -1.06. The van der Waals surface area contributed by atoms with Crippen LogP contribution in [0.3, 0.4) is 0 Å². The summed E-state index contributed by atoms with van der Waals surface area (Å²) in [5, 5.41) is 3.49. The third kappa shape index (κ3) is 2.93. The molecule has 2 aliphatic rings. The Balaban J connectivity index is 1.73. The second kappa shape index (κ2) is 5.93. The summed E-state index contributed by atoms with van der Waals surface area (Å²) >= 11 is 0. The van der Waals surface area contributed by atoms with Crippen molar-refractivity contribution in [1.82, 2.24) is 5.32 Å². The summed E-state index contributed by atoms with van der Waals surface area (Å²) in [5.41, 5.74) is 4.44. The number of anilines is 1. The van der Waals surface area contributed by atoms with Gasteiger partial charge in [-0.2, -0.15) is 0 Å². The number of ether oxygens (including phenoxy) is 1. The first-order chi connectivity index (χ1) is 9.34. The molecule has 2 aliphatic heterocycles. The van der Waals surface area contributed by atoms with Crippen LogP contribution in [0.4, 0.5) is 5.69 Å². The van der Waals surface area contributed by atoms with E-state index >= 15 is 0 Å². The van der Waals surface area contributed by atoms with E-state index in [1.807, 2.05) is 0 Å². The van der Waals surface area contributed by atoms with E-state index in [2.05, 4.69) is 35.5 Å². The lowest BCUT2D eigenvalue weighted by atomic mass is 9.96. The van der Waals surface area contributed by atoms with Crippen molar-refractivity contribution in [2.45, 2.75) is 25.8 Å². The van der Waals surface area contributed by atoms with Gasteiger partial charge in [0.25, 0.3) is 0 Å². The van der Waals surface area contributed by atoms with Crippen molar-refractivity contribution < 1.29 is 4.74 Å². The lowest BCUT2D eigenvalue weighted by Crippen LogP contribution is -2.32. The fraction of sp³-hybridized carbons (Fsp3) is 0.625. The molecule has 1 saturated heterocycles. The van der Waals surface area contributed by atoms with Gasteiger partial charge in [-0.15, -0.1) is 0 Å². The van der Waals surface area contributed by atoms with Gasteiger partial charge >= 0.3 is 0 Å². The highest BCUT2D eigenvalue weighted by molar-refractivity contribution is 5.57. The first-order valence-corrected chi connectivity index (χ1v) is 7.45. The molecule has 0 spiro atoms. The van der Waals surface area contributed by atoms with Crippen molar-refractivity contribution in [3.8, 4) is 0 Å². The number of rotatable bonds is 3. The maximum absolute atomic E-state index is 5.45. The van der Waals surface area contributed by atoms with Crippen molar-refractivity contribution in [2.24, 2.45) is 5.92 Å². The predicted octanol–water partition coefficient (Wildman–Crippen LogP) is 2.20. The van der Waals surface area contributed by atoms with Crippen LogP contribution in [0.2, 0.25) is 0 Å². The fourth-order valence-corrected chi connectivity index (χ4v) is 3.27. The minimum Gasteiger partial charge on any atom is -0.381 e. The monoisotopic (exact) mass is 260 g/mol. The molecular weight excluding hydrogens is 236 g/mol. The molecule has 0 unspecified atom stereocenters. The first-order valence-electron chi connectivity index (χ1n) is 7.45. The van der Waals surface area contributed by atoms with E-state index in [1.54, 1.807) is 0 Å². The SMILES string of the molecule is CN(CC1CCOCC1)c1cccc2c1CNCC2. The summed E-state index contributed by atoms with van der Waals surface area (Å²) in [6.45, 7) is 5.16. The quantitative estimate of drug-likeness (QED) is 0.901. The van der Waals surface area contributed by atoms with E-state index in [4.69, 9.17) is 4.74 Å². The van der Waals surface area contributed by atoms with Gasteiger partial charge in [-0.1, -0.05) is 12.1 Å². The van der Waals surface area contributed by atoms with Crippen LogP contribution in [0, 0.1) is 5.92 Å². The Labute approximate surface area is 115 Å². The highest BCUT2D eigenvalue weighted by Crippen LogP contribution is 2.27. The normalized spacial score (nSPS) is 20.1. The number of hydrogen-bond acceptors (Lipinski definition) is 3. The maximum atomic E-state index is 5.45. The van der Waals surface area contributed by atoms with Crippen LogP contribution >= 0.6 is 0 Å². The topological polar surface area (TPSA) is 24.5 Å². The van der Waals surface area contributed by atoms with E-state index in [1.165, 1.54) is 29.7 Å². The zero-order chi connectivity index (χ0) is 13.1. The number of nitrogens with one attached hydrogen (secondary N) is 1. The molecule has 1 aromatic rings. The third-order valence-electron chi connectivity index (χ3n) is 4.41. The standard InChI is InChI=1S/C16H24N2O/c1-18(12-13-6-9-19-10-7-13)16-4-2-3-14-5-8-17-11-15(14)16/h2-4,13,17H,5-12H2,1H3. The summed E-state index contributed by atoms with van der Waals surface area (Å²) in [6.07, 6.45) is 3.57. The first kappa shape index (κ1) is 12.9. The summed E-state index contributed by atoms with van der Waals surface area (Å²) in [5.74, 6) is 0.783. The predicted molar refractivity (Wildman–Crippen MR) is 78.7 cm³/mol. The second-order valence-corrected chi connectivity index (χ2v) is 5.78. The van der Waals surface area contributed by atoms with Crippen LogP contribution in [0.1, 0.15) is 24.0 Å². The van der Waals surface area contributed by atoms with Crippen molar-refractivity contribution in [3.63, 3.8) is 0 Å². The van der Waals surface area contributed by atoms with Crippen molar-refractivity contribution >= 4 is 5.69 Å². The van der Waals surface area contributed by atoms with Crippen molar-refractivity contribution in [1.29, 1.82) is 0 Å². The zero-order valence-electron chi connectivity index (χ0n) is 11.8. The van der Waals surface area contributed by atoms with Gasteiger partial charge in [-0.3, -0.25) is 0 Å². The molecular formula is C16H24N2O. The molecule has 1 aromatic carbocycles. The number of benzene rings is 1. The Morgan fingerprint density at radius 2 is 2.16 bits per heavy atom. The molecule has 0 atom stereocenters. The minimum absolute atomic E-state index is 0.783. The van der Waals surface area contributed by atoms with Crippen LogP contribution < -0.4 is 10.2 Å². The zero-order valence-corrected chi connectivity index (χ0v) is 11.8. The van der Waals surface area contributed by atoms with E-state index in [0.717, 1.165) is 45.2 Å². The lowest BCUT2D eigenvalue weighted by molar-refractivity contribution is 0.0685. The van der Waals surface area contributed by atoms with Crippen molar-refractivity contribution in [3.05, 3.63) is 29.3 Å². The van der Waals surface area contributed by atoms with E-state index in [9.17, 15) is 0 Å². The van der Waals surface area contributed by atoms with Crippen LogP contribution in [-0.4, -0.2) is 33.4 Å². The minimum atomic E-state index is 0.783. The van der Waals surface area contributed by atoms with E-state index in [0.29, 0.717) is 0 Å². The second-order valence-electron chi connectivity index (χ2n) is 5.78. The molecule has 0 aromatic heterocycles. The van der Waals surface area contributed by atoms with Gasteiger partial charge in [-0.05, 0) is 48.9 Å². The Kier molecular flexibility index (Phi) is 4.04. The van der Waals surface area contributed by atoms with Crippen LogP contribution in [0.15, 0.2) is 18.2 Å². The average molecular weight is 260 g/mol. The number of fused-ring (bicyclic) bond motifs is 1. The van der Waals surface area contributed by atoms with Gasteiger partial charge in [0.05, 0.1) is 0 Å². The molecule has 0 aliphatic carbocycles. The Morgan fingerprint density at radius 3 is 3.00 bits per heavy atom. The van der Waals surface area contributed by atoms with E-state index in [-0.39, 0.29) is 0 Å². The summed E-state index contributed by atoms with van der Waals surface area (Å²) in [6, 6.07) is 6.76. The molecule has 0 amide bonds. The van der Waals surface area contributed by atoms with Gasteiger partial charge < -0.3 is 15.0 Å². The molecule has 3 heteroatoms. The Morgan fingerprint density at radius 1 is 1.32 bits per heavy atom. The molecule has 19 heavy (non-hydrogen) atoms. The molecule has 2 heterocycles. The highest BCUT2D eigenvalue weighted by Gasteiger charge is 2.19. The third-order valence-corrected chi connectivity index (χ3v) is 4.41. The summed E-state index contributed by atoms with van der Waals surface area (Å²) in [7, 11) is 2.24. The van der Waals surface area contributed by atoms with Gasteiger partial charge in [0.1, 0.15) is 0 Å². The highest BCUT2D eigenvalue weighted by atomic mass is 16.5. The summed E-state index contributed by atoms with van der Waals surface area (Å²) in [4.78, 5) is 2.45. The molecule has 3 nitrogen and oxygen atoms in total. The van der Waals surface area contributed by atoms with E-state index < -0.39 is 0 Å². The fourth-order valence-electron chi connectivity index (χ4n) is 3.27. The smallest absolute Gasteiger partial charge is 0.0469 e. The maximum Gasteiger partial charge on any atom is 0.0469 e. The van der Waals surface area contributed by atoms with Crippen LogP contribution in [0.25, 0.3) is 0 Å². The molecule has 1 fully saturated rings. The van der Waals surface area contributed by atoms with Crippen molar-refractivity contribution in [2.75, 3.05) is 38.3 Å². The molecule has 1 N–H and O–H groups in total. The Bertz CT molecular complexity index is 427. The average Bonchev–Trinajstić information content (AvgIpc) is 2.47. The molecule has 104 valence electrons. The number of hydrogen-bond donors (Lipinski definition) is 1. The molecule has 3 rings (SSSR count). The van der Waals surface area contributed by atoms with Crippen LogP contribution in [-0.2, 0) is 17.7 Å². The van der Waals surface area contributed by atoms with Gasteiger partial charge in [0, 0.05) is 39.0 Å². The lowest BCUT2D eigenvalue weighted by Gasteiger charge is -2.31. The number of nitrogens with zero attached hydrogens (tertiary/aromatic N) is 1. The van der Waals surface area contributed by atoms with Gasteiger partial charge in [0.15, 0.2) is 0 Å². The molecule has 0 bridgehead atoms. The summed E-state index contributed by atoms with van der Waals surface area (Å²) < 4.78 is 5.45. The van der Waals surface area contributed by atoms with Gasteiger partial charge in [0.2, 0.25) is 0 Å². The molecule has 0 radical (unpaired) electrons. The van der Waals surface area contributed by atoms with Crippen LogP contribution in [0.5, 0.6) is 0 Å². The molecule has 0 saturated carbocycles.